The Morgan fingerprint density at radius 3 is 2.59 bits per heavy atom. The van der Waals surface area contributed by atoms with Gasteiger partial charge in [-0.1, -0.05) is 23.7 Å². The molecule has 1 saturated carbocycles. The van der Waals surface area contributed by atoms with E-state index in [1.807, 2.05) is 16.9 Å². The molecule has 0 aromatic heterocycles. The lowest BCUT2D eigenvalue weighted by molar-refractivity contribution is -0.148. The monoisotopic (exact) mass is 821 g/mol. The fourth-order valence-corrected chi connectivity index (χ4v) is 10.0. The smallest absolute Gasteiger partial charge is 0.303 e. The number of likely N-dealkylation sites (tertiary alicyclic amines) is 1. The van der Waals surface area contributed by atoms with Crippen LogP contribution in [-0.4, -0.2) is 125 Å². The highest BCUT2D eigenvalue weighted by Gasteiger charge is 2.48. The van der Waals surface area contributed by atoms with Crippen LogP contribution in [0.1, 0.15) is 68.1 Å². The van der Waals surface area contributed by atoms with Gasteiger partial charge in [0.15, 0.2) is 5.60 Å². The highest BCUT2D eigenvalue weighted by Crippen LogP contribution is 2.48. The lowest BCUT2D eigenvalue weighted by Crippen LogP contribution is -2.57. The average molecular weight is 822 g/mol. The van der Waals surface area contributed by atoms with Crippen molar-refractivity contribution in [1.82, 2.24) is 18.8 Å². The van der Waals surface area contributed by atoms with Gasteiger partial charge in [0.1, 0.15) is 5.75 Å². The minimum atomic E-state index is -4.32. The van der Waals surface area contributed by atoms with E-state index in [4.69, 9.17) is 21.1 Å². The molecule has 1 saturated heterocycles. The molecule has 0 radical (unpaired) electrons. The van der Waals surface area contributed by atoms with Gasteiger partial charge in [0.05, 0.1) is 44.5 Å². The molecular weight excluding hydrogens is 768 g/mol. The molecule has 12 nitrogen and oxygen atoms in total. The standard InChI is InChI=1S/C40H54ClF2N5O7S/c1-45(2)56(52,53)44-37(50)40(51)21-36(49)46(3)16-5-4-8-34(54-18-17-47-24-39(42,43)25-47)31-12-9-28(31)22-48-23-38(26-55-35-14-10-29(40)20-33(35)48)15-6-7-27-19-30(41)11-13-32(27)38/h10-11,13-14,19-20,28,31,34,51H,4-9,12,15-18,21-26H2,1-3H3,(H,44,50)/t28-,31+,34-,38-,40+/m0/s1. The number of aliphatic hydroxyl groups is 1. The van der Waals surface area contributed by atoms with Crippen molar-refractivity contribution in [3.8, 4) is 5.75 Å². The number of carbonyl (C=O) groups is 2. The summed E-state index contributed by atoms with van der Waals surface area (Å²) in [6, 6.07) is 10.9. The number of hydrogen-bond donors (Lipinski definition) is 2. The summed E-state index contributed by atoms with van der Waals surface area (Å²) in [5.41, 5.74) is 0.118. The van der Waals surface area contributed by atoms with Crippen LogP contribution >= 0.6 is 11.6 Å². The van der Waals surface area contributed by atoms with Crippen LogP contribution in [0.15, 0.2) is 36.4 Å². The Hall–Kier alpha value is -3.08. The second-order valence-electron chi connectivity index (χ2n) is 16.8. The minimum Gasteiger partial charge on any atom is -0.490 e. The molecular formula is C40H54ClF2N5O7S. The van der Waals surface area contributed by atoms with Gasteiger partial charge >= 0.3 is 10.2 Å². The Morgan fingerprint density at radius 1 is 1.09 bits per heavy atom. The van der Waals surface area contributed by atoms with Gasteiger partial charge in [-0.15, -0.1) is 0 Å². The molecule has 2 bridgehead atoms. The number of amides is 2. The van der Waals surface area contributed by atoms with E-state index >= 15 is 0 Å². The zero-order valence-corrected chi connectivity index (χ0v) is 34.0. The third kappa shape index (κ3) is 8.40. The summed E-state index contributed by atoms with van der Waals surface area (Å²) in [6.45, 7) is 2.23. The topological polar surface area (TPSA) is 132 Å². The summed E-state index contributed by atoms with van der Waals surface area (Å²) >= 11 is 6.47. The van der Waals surface area contributed by atoms with Crippen LogP contribution in [0.5, 0.6) is 5.75 Å². The number of nitrogens with zero attached hydrogens (tertiary/aromatic N) is 4. The van der Waals surface area contributed by atoms with E-state index in [1.54, 1.807) is 24.1 Å². The highest BCUT2D eigenvalue weighted by atomic mass is 35.5. The van der Waals surface area contributed by atoms with E-state index in [-0.39, 0.29) is 36.6 Å². The molecule has 2 aromatic rings. The van der Waals surface area contributed by atoms with Crippen molar-refractivity contribution >= 4 is 39.3 Å². The van der Waals surface area contributed by atoms with Gasteiger partial charge in [0, 0.05) is 57.8 Å². The second kappa shape index (κ2) is 15.9. The van der Waals surface area contributed by atoms with Crippen LogP contribution in [0, 0.1) is 11.8 Å². The summed E-state index contributed by atoms with van der Waals surface area (Å²) in [5.74, 6) is -3.42. The molecule has 1 spiro atoms. The molecule has 5 atom stereocenters. The Morgan fingerprint density at radius 2 is 1.88 bits per heavy atom. The number of nitrogens with one attached hydrogen (secondary N) is 1. The normalized spacial score (nSPS) is 29.7. The third-order valence-electron chi connectivity index (χ3n) is 12.7. The lowest BCUT2D eigenvalue weighted by Gasteiger charge is -2.47. The maximum atomic E-state index is 13.9. The quantitative estimate of drug-likeness (QED) is 0.420. The van der Waals surface area contributed by atoms with Crippen molar-refractivity contribution in [2.75, 3.05) is 78.5 Å². The molecule has 2 aliphatic carbocycles. The van der Waals surface area contributed by atoms with Crippen molar-refractivity contribution in [2.24, 2.45) is 11.8 Å². The summed E-state index contributed by atoms with van der Waals surface area (Å²) in [4.78, 5) is 33.2. The number of aryl methyl sites for hydroxylation is 1. The predicted octanol–water partition coefficient (Wildman–Crippen LogP) is 4.32. The first kappa shape index (κ1) is 41.1. The van der Waals surface area contributed by atoms with E-state index in [0.717, 1.165) is 49.3 Å². The number of carbonyl (C=O) groups excluding carboxylic acids is 2. The predicted molar refractivity (Wildman–Crippen MR) is 208 cm³/mol. The van der Waals surface area contributed by atoms with Crippen LogP contribution in [-0.2, 0) is 42.0 Å². The molecule has 2 aromatic carbocycles. The molecule has 2 fully saturated rings. The Labute approximate surface area is 333 Å². The largest absolute Gasteiger partial charge is 0.490 e. The molecule has 2 N–H and O–H groups in total. The first-order valence-corrected chi connectivity index (χ1v) is 21.5. The number of anilines is 1. The molecule has 3 heterocycles. The van der Waals surface area contributed by atoms with Crippen LogP contribution in [0.4, 0.5) is 14.5 Å². The molecule has 16 heteroatoms. The molecule has 2 amide bonds. The van der Waals surface area contributed by atoms with Gasteiger partial charge in [-0.05, 0) is 104 Å². The lowest BCUT2D eigenvalue weighted by atomic mass is 9.68. The zero-order valence-electron chi connectivity index (χ0n) is 32.4. The Bertz CT molecular complexity index is 1910. The zero-order chi connectivity index (χ0) is 40.0. The minimum absolute atomic E-state index is 0.0693. The number of alkyl halides is 2. The van der Waals surface area contributed by atoms with Crippen LogP contribution < -0.4 is 14.4 Å². The number of hydrogen-bond acceptors (Lipinski definition) is 9. The van der Waals surface area contributed by atoms with Gasteiger partial charge in [-0.25, -0.2) is 13.5 Å². The number of benzene rings is 2. The Kier molecular flexibility index (Phi) is 11.7. The van der Waals surface area contributed by atoms with Crippen molar-refractivity contribution in [3.63, 3.8) is 0 Å². The number of ether oxygens (including phenoxy) is 2. The third-order valence-corrected chi connectivity index (χ3v) is 14.4. The molecule has 0 unspecified atom stereocenters. The van der Waals surface area contributed by atoms with Crippen molar-refractivity contribution in [2.45, 2.75) is 80.8 Å². The van der Waals surface area contributed by atoms with E-state index in [1.165, 1.54) is 36.2 Å². The second-order valence-corrected chi connectivity index (χ2v) is 19.2. The number of halogens is 3. The SMILES string of the molecule is CN1CCCC[C@H](OCCN2CC(F)(F)C2)[C@@H]2CC[C@H]2CN2C[C@@]3(CCCc4cc(Cl)ccc43)COc3ccc(cc32)[C@@](O)(C(=O)NS(=O)(=O)N(C)C)CC1=O. The van der Waals surface area contributed by atoms with E-state index in [2.05, 4.69) is 11.0 Å². The summed E-state index contributed by atoms with van der Waals surface area (Å²) in [5, 5.41) is 13.0. The highest BCUT2D eigenvalue weighted by molar-refractivity contribution is 7.87. The molecule has 3 aliphatic heterocycles. The van der Waals surface area contributed by atoms with Gasteiger partial charge < -0.3 is 24.4 Å². The fraction of sp³-hybridized carbons (Fsp3) is 0.650. The van der Waals surface area contributed by atoms with Crippen molar-refractivity contribution < 1.29 is 41.4 Å². The van der Waals surface area contributed by atoms with Gasteiger partial charge in [0.2, 0.25) is 5.91 Å². The van der Waals surface area contributed by atoms with Crippen LogP contribution in [0.2, 0.25) is 5.02 Å². The number of fused-ring (bicyclic) bond motifs is 4. The van der Waals surface area contributed by atoms with E-state index in [0.29, 0.717) is 62.3 Å². The van der Waals surface area contributed by atoms with Crippen LogP contribution in [0.3, 0.4) is 0 Å². The fourth-order valence-electron chi connectivity index (χ4n) is 9.26. The Balaban J connectivity index is 1.27. The van der Waals surface area contributed by atoms with Gasteiger partial charge in [-0.3, -0.25) is 14.5 Å². The summed E-state index contributed by atoms with van der Waals surface area (Å²) in [7, 11) is -0.193. The van der Waals surface area contributed by atoms with E-state index < -0.39 is 45.4 Å². The maximum absolute atomic E-state index is 13.9. The van der Waals surface area contributed by atoms with Gasteiger partial charge in [-0.2, -0.15) is 12.7 Å². The molecule has 308 valence electrons. The maximum Gasteiger partial charge on any atom is 0.303 e. The summed E-state index contributed by atoms with van der Waals surface area (Å²) < 4.78 is 68.9. The first-order valence-electron chi connectivity index (χ1n) is 19.7. The van der Waals surface area contributed by atoms with Crippen molar-refractivity contribution in [3.05, 3.63) is 58.1 Å². The first-order chi connectivity index (χ1) is 26.5. The average Bonchev–Trinajstić information content (AvgIpc) is 3.26. The summed E-state index contributed by atoms with van der Waals surface area (Å²) in [6.07, 6.45) is 5.94. The number of rotatable bonds is 7. The molecule has 56 heavy (non-hydrogen) atoms. The molecule has 5 aliphatic rings. The van der Waals surface area contributed by atoms with Gasteiger partial charge in [0.25, 0.3) is 11.8 Å². The molecule has 7 rings (SSSR count). The van der Waals surface area contributed by atoms with Crippen molar-refractivity contribution in [1.29, 1.82) is 0 Å². The van der Waals surface area contributed by atoms with E-state index in [9.17, 15) is 31.9 Å². The van der Waals surface area contributed by atoms with Crippen LogP contribution in [0.25, 0.3) is 0 Å².